The number of nitrogens with zero attached hydrogens (tertiary/aromatic N) is 2. The molecule has 0 fully saturated rings. The summed E-state index contributed by atoms with van der Waals surface area (Å²) in [5, 5.41) is 10.9. The van der Waals surface area contributed by atoms with Gasteiger partial charge in [0, 0.05) is 16.1 Å². The van der Waals surface area contributed by atoms with Crippen molar-refractivity contribution in [3.05, 3.63) is 76.2 Å². The van der Waals surface area contributed by atoms with Crippen LogP contribution in [0.25, 0.3) is 11.4 Å². The Morgan fingerprint density at radius 2 is 1.80 bits per heavy atom. The number of thioether (sulfide) groups is 1. The third-order valence-corrected chi connectivity index (χ3v) is 7.75. The topological polar surface area (TPSA) is 97.1 Å². The third-order valence-electron chi connectivity index (χ3n) is 5.73. The highest BCUT2D eigenvalue weighted by Crippen LogP contribution is 2.38. The third kappa shape index (κ3) is 5.47. The number of hydrogen-bond acceptors (Lipinski definition) is 7. The molecule has 0 saturated heterocycles. The van der Waals surface area contributed by atoms with Crippen LogP contribution < -0.4 is 10.6 Å². The summed E-state index contributed by atoms with van der Waals surface area (Å²) >= 11 is 2.67. The van der Waals surface area contributed by atoms with E-state index in [2.05, 4.69) is 20.8 Å². The lowest BCUT2D eigenvalue weighted by molar-refractivity contribution is -0.113. The second-order valence-electron chi connectivity index (χ2n) is 8.32. The Morgan fingerprint density at radius 3 is 2.60 bits per heavy atom. The number of aromatic nitrogens is 2. The molecule has 5 rings (SSSR count). The van der Waals surface area contributed by atoms with Gasteiger partial charge in [-0.25, -0.2) is 0 Å². The Labute approximate surface area is 211 Å². The molecular formula is C26H24N4O3S2. The van der Waals surface area contributed by atoms with E-state index in [-0.39, 0.29) is 17.6 Å². The number of amides is 2. The molecule has 2 N–H and O–H groups in total. The predicted molar refractivity (Wildman–Crippen MR) is 139 cm³/mol. The first-order valence-corrected chi connectivity index (χ1v) is 13.2. The number of carbonyl (C=O) groups excluding carboxylic acids is 2. The monoisotopic (exact) mass is 504 g/mol. The van der Waals surface area contributed by atoms with Gasteiger partial charge in [-0.1, -0.05) is 64.9 Å². The van der Waals surface area contributed by atoms with Gasteiger partial charge in [0.1, 0.15) is 5.00 Å². The fourth-order valence-corrected chi connectivity index (χ4v) is 5.86. The van der Waals surface area contributed by atoms with E-state index in [4.69, 9.17) is 4.52 Å². The highest BCUT2D eigenvalue weighted by Gasteiger charge is 2.26. The minimum Gasteiger partial charge on any atom is -0.327 e. The average Bonchev–Trinajstić information content (AvgIpc) is 3.48. The Morgan fingerprint density at radius 1 is 1.03 bits per heavy atom. The molecule has 0 atom stereocenters. The number of anilines is 2. The van der Waals surface area contributed by atoms with Crippen LogP contribution in [-0.2, 0) is 17.6 Å². The first-order valence-electron chi connectivity index (χ1n) is 11.4. The Kier molecular flexibility index (Phi) is 6.96. The number of aryl methyl sites for hydroxylation is 2. The molecule has 9 heteroatoms. The molecule has 0 unspecified atom stereocenters. The lowest BCUT2D eigenvalue weighted by Crippen LogP contribution is -2.19. The smallest absolute Gasteiger partial charge is 0.286 e. The fourth-order valence-electron chi connectivity index (χ4n) is 3.99. The van der Waals surface area contributed by atoms with Crippen molar-refractivity contribution in [3.8, 4) is 11.4 Å². The first-order chi connectivity index (χ1) is 17.1. The molecule has 1 aliphatic rings. The van der Waals surface area contributed by atoms with Crippen molar-refractivity contribution >= 4 is 45.6 Å². The van der Waals surface area contributed by atoms with Crippen molar-refractivity contribution in [2.45, 2.75) is 37.8 Å². The molecule has 1 aliphatic carbocycles. The number of thiophene rings is 1. The second-order valence-corrected chi connectivity index (χ2v) is 10.4. The van der Waals surface area contributed by atoms with E-state index in [1.807, 2.05) is 61.5 Å². The van der Waals surface area contributed by atoms with Gasteiger partial charge in [0.25, 0.3) is 11.1 Å². The van der Waals surface area contributed by atoms with Gasteiger partial charge in [0.2, 0.25) is 11.7 Å². The number of nitrogens with one attached hydrogen (secondary N) is 2. The number of para-hydroxylation sites is 1. The van der Waals surface area contributed by atoms with Crippen molar-refractivity contribution in [1.29, 1.82) is 0 Å². The Hall–Kier alpha value is -3.43. The van der Waals surface area contributed by atoms with Crippen LogP contribution >= 0.6 is 23.1 Å². The van der Waals surface area contributed by atoms with E-state index in [1.165, 1.54) is 28.0 Å². The van der Waals surface area contributed by atoms with Gasteiger partial charge in [0.15, 0.2) is 0 Å². The maximum atomic E-state index is 13.2. The van der Waals surface area contributed by atoms with E-state index < -0.39 is 0 Å². The molecule has 2 amide bonds. The zero-order valence-corrected chi connectivity index (χ0v) is 20.8. The van der Waals surface area contributed by atoms with Crippen molar-refractivity contribution < 1.29 is 14.1 Å². The van der Waals surface area contributed by atoms with Crippen LogP contribution in [0, 0.1) is 6.92 Å². The molecular weight excluding hydrogens is 480 g/mol. The van der Waals surface area contributed by atoms with Crippen LogP contribution in [0.4, 0.5) is 10.7 Å². The van der Waals surface area contributed by atoms with Crippen LogP contribution in [0.15, 0.2) is 64.3 Å². The molecule has 2 heterocycles. The van der Waals surface area contributed by atoms with Crippen molar-refractivity contribution in [1.82, 2.24) is 10.1 Å². The maximum Gasteiger partial charge on any atom is 0.286 e. The van der Waals surface area contributed by atoms with Crippen molar-refractivity contribution in [2.75, 3.05) is 16.4 Å². The first kappa shape index (κ1) is 23.3. The lowest BCUT2D eigenvalue weighted by Gasteiger charge is -2.13. The SMILES string of the molecule is Cc1ccc(-c2noc(SCC(=O)Nc3sc4c(c3C(=O)Nc3ccccc3)CCCC4)n2)cc1. The van der Waals surface area contributed by atoms with Crippen LogP contribution in [0.5, 0.6) is 0 Å². The van der Waals surface area contributed by atoms with E-state index in [0.717, 1.165) is 48.1 Å². The lowest BCUT2D eigenvalue weighted by atomic mass is 9.95. The number of carbonyl (C=O) groups is 2. The summed E-state index contributed by atoms with van der Waals surface area (Å²) in [4.78, 5) is 31.5. The summed E-state index contributed by atoms with van der Waals surface area (Å²) in [6.45, 7) is 2.01. The molecule has 0 radical (unpaired) electrons. The van der Waals surface area contributed by atoms with Gasteiger partial charge in [-0.15, -0.1) is 11.3 Å². The summed E-state index contributed by atoms with van der Waals surface area (Å²) in [7, 11) is 0. The van der Waals surface area contributed by atoms with Crippen LogP contribution in [-0.4, -0.2) is 27.7 Å². The van der Waals surface area contributed by atoms with Crippen molar-refractivity contribution in [2.24, 2.45) is 0 Å². The minimum absolute atomic E-state index is 0.0951. The van der Waals surface area contributed by atoms with Gasteiger partial charge in [-0.2, -0.15) is 4.98 Å². The van der Waals surface area contributed by atoms with E-state index in [1.54, 1.807) is 0 Å². The number of hydrogen-bond donors (Lipinski definition) is 2. The van der Waals surface area contributed by atoms with Crippen LogP contribution in [0.3, 0.4) is 0 Å². The number of rotatable bonds is 7. The molecule has 0 saturated carbocycles. The second kappa shape index (κ2) is 10.5. The van der Waals surface area contributed by atoms with Gasteiger partial charge in [0.05, 0.1) is 11.3 Å². The zero-order chi connectivity index (χ0) is 24.2. The standard InChI is InChI=1S/C26H24N4O3S2/c1-16-11-13-17(14-12-16)23-29-26(33-30-23)34-15-21(31)28-25-22(19-9-5-6-10-20(19)35-25)24(32)27-18-7-3-2-4-8-18/h2-4,7-8,11-14H,5-6,9-10,15H2,1H3,(H,27,32)(H,28,31). The highest BCUT2D eigenvalue weighted by atomic mass is 32.2. The van der Waals surface area contributed by atoms with Gasteiger partial charge >= 0.3 is 0 Å². The molecule has 7 nitrogen and oxygen atoms in total. The number of benzene rings is 2. The summed E-state index contributed by atoms with van der Waals surface area (Å²) in [5.74, 6) is 0.159. The predicted octanol–water partition coefficient (Wildman–Crippen LogP) is 5.97. The summed E-state index contributed by atoms with van der Waals surface area (Å²) in [5.41, 5.74) is 4.36. The average molecular weight is 505 g/mol. The maximum absolute atomic E-state index is 13.2. The van der Waals surface area contributed by atoms with E-state index in [9.17, 15) is 9.59 Å². The molecule has 0 spiro atoms. The minimum atomic E-state index is -0.225. The van der Waals surface area contributed by atoms with Crippen LogP contribution in [0.1, 0.15) is 39.2 Å². The summed E-state index contributed by atoms with van der Waals surface area (Å²) in [6, 6.07) is 17.2. The molecule has 35 heavy (non-hydrogen) atoms. The molecule has 4 aromatic rings. The molecule has 0 aliphatic heterocycles. The van der Waals surface area contributed by atoms with E-state index in [0.29, 0.717) is 21.6 Å². The van der Waals surface area contributed by atoms with Gasteiger partial charge in [-0.05, 0) is 50.3 Å². The molecule has 0 bridgehead atoms. The largest absolute Gasteiger partial charge is 0.327 e. The van der Waals surface area contributed by atoms with Crippen LogP contribution in [0.2, 0.25) is 0 Å². The van der Waals surface area contributed by atoms with Gasteiger partial charge < -0.3 is 15.2 Å². The Bertz CT molecular complexity index is 1350. The molecule has 2 aromatic carbocycles. The van der Waals surface area contributed by atoms with Gasteiger partial charge in [-0.3, -0.25) is 9.59 Å². The normalized spacial score (nSPS) is 12.7. The van der Waals surface area contributed by atoms with Crippen molar-refractivity contribution in [3.63, 3.8) is 0 Å². The molecule has 178 valence electrons. The highest BCUT2D eigenvalue weighted by molar-refractivity contribution is 7.99. The number of fused-ring (bicyclic) bond motifs is 1. The fraction of sp³-hybridized carbons (Fsp3) is 0.231. The summed E-state index contributed by atoms with van der Waals surface area (Å²) < 4.78 is 5.30. The van der Waals surface area contributed by atoms with E-state index >= 15 is 0 Å². The zero-order valence-electron chi connectivity index (χ0n) is 19.2. The molecule has 2 aromatic heterocycles. The quantitative estimate of drug-likeness (QED) is 0.301. The summed E-state index contributed by atoms with van der Waals surface area (Å²) in [6.07, 6.45) is 3.91. The Balaban J connectivity index is 1.27.